The summed E-state index contributed by atoms with van der Waals surface area (Å²) in [7, 11) is 1.35. The number of aryl methyl sites for hydroxylation is 1. The second-order valence-corrected chi connectivity index (χ2v) is 10.5. The maximum absolute atomic E-state index is 14.5. The average Bonchev–Trinajstić information content (AvgIpc) is 2.89. The summed E-state index contributed by atoms with van der Waals surface area (Å²) in [5.41, 5.74) is 3.31. The predicted molar refractivity (Wildman–Crippen MR) is 145 cm³/mol. The number of aromatic nitrogens is 1. The number of aliphatic hydroxyl groups is 2. The van der Waals surface area contributed by atoms with E-state index in [0.29, 0.717) is 11.1 Å². The van der Waals surface area contributed by atoms with Crippen molar-refractivity contribution < 1.29 is 37.7 Å². The summed E-state index contributed by atoms with van der Waals surface area (Å²) in [6.07, 6.45) is -7.48. The number of halogens is 3. The lowest BCUT2D eigenvalue weighted by atomic mass is 9.86. The molecule has 0 aliphatic heterocycles. The molecule has 216 valence electrons. The summed E-state index contributed by atoms with van der Waals surface area (Å²) in [6.45, 7) is 6.69. The van der Waals surface area contributed by atoms with E-state index in [1.165, 1.54) is 32.2 Å². The number of pyridine rings is 1. The lowest BCUT2D eigenvalue weighted by Crippen LogP contribution is -2.44. The third-order valence-electron chi connectivity index (χ3n) is 6.49. The molecule has 2 aromatic carbocycles. The molecule has 0 aliphatic carbocycles. The van der Waals surface area contributed by atoms with E-state index in [4.69, 9.17) is 15.2 Å². The maximum Gasteiger partial charge on any atom is 0.422 e. The Kier molecular flexibility index (Phi) is 9.28. The van der Waals surface area contributed by atoms with Crippen LogP contribution in [0, 0.1) is 6.92 Å². The molecule has 3 rings (SSSR count). The minimum atomic E-state index is -5.14. The van der Waals surface area contributed by atoms with Crippen LogP contribution < -0.4 is 15.2 Å². The summed E-state index contributed by atoms with van der Waals surface area (Å²) in [4.78, 5) is 17.2. The minimum Gasteiger partial charge on any atom is -0.493 e. The second kappa shape index (κ2) is 12.0. The Labute approximate surface area is 231 Å². The zero-order valence-corrected chi connectivity index (χ0v) is 23.2. The smallest absolute Gasteiger partial charge is 0.422 e. The highest BCUT2D eigenvalue weighted by Gasteiger charge is 2.56. The van der Waals surface area contributed by atoms with Gasteiger partial charge in [0, 0.05) is 23.1 Å². The number of rotatable bonds is 11. The number of alkyl halides is 3. The SMILES string of the molecule is COc1cc(C(=O)CC[C@@](O)(c2cc(C(C)(C)N)cc(-c3ccc(C)cc3)n2)C(F)(F)F)ccc1OC[C@@H](C)O. The van der Waals surface area contributed by atoms with Gasteiger partial charge < -0.3 is 25.4 Å². The van der Waals surface area contributed by atoms with E-state index in [0.717, 1.165) is 11.6 Å². The van der Waals surface area contributed by atoms with E-state index in [1.807, 2.05) is 6.92 Å². The highest BCUT2D eigenvalue weighted by molar-refractivity contribution is 5.96. The van der Waals surface area contributed by atoms with Gasteiger partial charge >= 0.3 is 6.18 Å². The van der Waals surface area contributed by atoms with E-state index < -0.39 is 47.7 Å². The summed E-state index contributed by atoms with van der Waals surface area (Å²) in [5.74, 6) is -0.196. The van der Waals surface area contributed by atoms with Gasteiger partial charge in [0.1, 0.15) is 6.61 Å². The maximum atomic E-state index is 14.5. The molecule has 0 spiro atoms. The number of carbonyl (C=O) groups excluding carboxylic acids is 1. The van der Waals surface area contributed by atoms with Crippen molar-refractivity contribution >= 4 is 5.78 Å². The number of benzene rings is 2. The molecule has 40 heavy (non-hydrogen) atoms. The van der Waals surface area contributed by atoms with Crippen molar-refractivity contribution in [2.24, 2.45) is 5.73 Å². The first kappa shape index (κ1) is 31.1. The van der Waals surface area contributed by atoms with E-state index in [1.54, 1.807) is 44.2 Å². The van der Waals surface area contributed by atoms with Crippen LogP contribution in [0.1, 0.15) is 60.8 Å². The first-order valence-corrected chi connectivity index (χ1v) is 12.8. The Morgan fingerprint density at radius 1 is 1.05 bits per heavy atom. The monoisotopic (exact) mass is 560 g/mol. The van der Waals surface area contributed by atoms with Crippen LogP contribution in [0.3, 0.4) is 0 Å². The fourth-order valence-electron chi connectivity index (χ4n) is 4.01. The Balaban J connectivity index is 1.98. The molecule has 0 saturated carbocycles. The molecule has 1 heterocycles. The lowest BCUT2D eigenvalue weighted by Gasteiger charge is -2.32. The Hall–Kier alpha value is -3.47. The van der Waals surface area contributed by atoms with E-state index in [9.17, 15) is 28.2 Å². The first-order chi connectivity index (χ1) is 18.5. The lowest BCUT2D eigenvalue weighted by molar-refractivity contribution is -0.270. The number of carbonyl (C=O) groups is 1. The van der Waals surface area contributed by atoms with Crippen molar-refractivity contribution in [3.63, 3.8) is 0 Å². The van der Waals surface area contributed by atoms with Crippen LogP contribution in [0.25, 0.3) is 11.3 Å². The number of ketones is 1. The number of hydrogen-bond acceptors (Lipinski definition) is 7. The highest BCUT2D eigenvalue weighted by Crippen LogP contribution is 2.43. The molecule has 4 N–H and O–H groups in total. The summed E-state index contributed by atoms with van der Waals surface area (Å²) >= 11 is 0. The van der Waals surface area contributed by atoms with Gasteiger partial charge in [-0.1, -0.05) is 29.8 Å². The number of nitrogens with zero attached hydrogens (tertiary/aromatic N) is 1. The molecule has 3 aromatic rings. The zero-order valence-electron chi connectivity index (χ0n) is 23.2. The van der Waals surface area contributed by atoms with Crippen molar-refractivity contribution in [1.29, 1.82) is 0 Å². The van der Waals surface area contributed by atoms with Crippen molar-refractivity contribution in [3.05, 3.63) is 77.0 Å². The van der Waals surface area contributed by atoms with Crippen LogP contribution in [0.2, 0.25) is 0 Å². The molecule has 0 aliphatic rings. The number of aliphatic hydroxyl groups excluding tert-OH is 1. The zero-order chi connectivity index (χ0) is 29.9. The van der Waals surface area contributed by atoms with E-state index in [-0.39, 0.29) is 29.4 Å². The predicted octanol–water partition coefficient (Wildman–Crippen LogP) is 5.43. The molecule has 1 aromatic heterocycles. The van der Waals surface area contributed by atoms with Gasteiger partial charge in [-0.05, 0) is 70.0 Å². The summed E-state index contributed by atoms with van der Waals surface area (Å²) in [5, 5.41) is 20.6. The Morgan fingerprint density at radius 2 is 1.70 bits per heavy atom. The average molecular weight is 561 g/mol. The quantitative estimate of drug-likeness (QED) is 0.268. The topological polar surface area (TPSA) is 115 Å². The molecule has 7 nitrogen and oxygen atoms in total. The minimum absolute atomic E-state index is 0.0154. The molecule has 0 amide bonds. The van der Waals surface area contributed by atoms with Gasteiger partial charge in [0.15, 0.2) is 17.3 Å². The van der Waals surface area contributed by atoms with Gasteiger partial charge in [-0.2, -0.15) is 13.2 Å². The van der Waals surface area contributed by atoms with Crippen LogP contribution in [0.5, 0.6) is 11.5 Å². The largest absolute Gasteiger partial charge is 0.493 e. The summed E-state index contributed by atoms with van der Waals surface area (Å²) in [6, 6.07) is 14.0. The second-order valence-electron chi connectivity index (χ2n) is 10.5. The first-order valence-electron chi connectivity index (χ1n) is 12.8. The molecule has 0 saturated heterocycles. The third-order valence-corrected chi connectivity index (χ3v) is 6.49. The van der Waals surface area contributed by atoms with Gasteiger partial charge in [-0.3, -0.25) is 4.79 Å². The van der Waals surface area contributed by atoms with E-state index in [2.05, 4.69) is 4.98 Å². The normalized spacial score (nSPS) is 14.4. The number of ether oxygens (including phenoxy) is 2. The molecule has 10 heteroatoms. The number of hydrogen-bond donors (Lipinski definition) is 3. The van der Waals surface area contributed by atoms with Crippen LogP contribution in [-0.2, 0) is 11.1 Å². The molecular formula is C30H35F3N2O5. The fourth-order valence-corrected chi connectivity index (χ4v) is 4.01. The van der Waals surface area contributed by atoms with Gasteiger partial charge in [-0.15, -0.1) is 0 Å². The van der Waals surface area contributed by atoms with Crippen molar-refractivity contribution in [2.45, 2.75) is 64.0 Å². The van der Waals surface area contributed by atoms with Crippen LogP contribution in [-0.4, -0.2) is 47.0 Å². The standard InChI is InChI=1S/C30H35F3N2O5/c1-18-6-8-20(9-7-18)23-15-22(28(3,4)34)16-27(35-23)29(38,30(31,32)33)13-12-24(37)21-10-11-25(26(14-21)39-5)40-17-19(2)36/h6-11,14-16,19,36,38H,12-13,17,34H2,1-5H3/t19-,29-/m1/s1. The van der Waals surface area contributed by atoms with Crippen LogP contribution in [0.4, 0.5) is 13.2 Å². The van der Waals surface area contributed by atoms with Crippen molar-refractivity contribution in [2.75, 3.05) is 13.7 Å². The molecular weight excluding hydrogens is 525 g/mol. The molecule has 0 unspecified atom stereocenters. The van der Waals surface area contributed by atoms with Crippen molar-refractivity contribution in [3.8, 4) is 22.8 Å². The fraction of sp³-hybridized carbons (Fsp3) is 0.400. The molecule has 2 atom stereocenters. The van der Waals surface area contributed by atoms with Gasteiger partial charge in [-0.25, -0.2) is 4.98 Å². The highest BCUT2D eigenvalue weighted by atomic mass is 19.4. The Morgan fingerprint density at radius 3 is 2.25 bits per heavy atom. The number of methoxy groups -OCH3 is 1. The summed E-state index contributed by atoms with van der Waals surface area (Å²) < 4.78 is 54.1. The molecule has 0 bridgehead atoms. The molecule has 0 radical (unpaired) electrons. The Bertz CT molecular complexity index is 1330. The van der Waals surface area contributed by atoms with Gasteiger partial charge in [0.05, 0.1) is 24.6 Å². The van der Waals surface area contributed by atoms with E-state index >= 15 is 0 Å². The van der Waals surface area contributed by atoms with Gasteiger partial charge in [0.2, 0.25) is 5.60 Å². The molecule has 0 fully saturated rings. The number of Topliss-reactive ketones (excluding diaryl/α,β-unsaturated/α-hetero) is 1. The third kappa shape index (κ3) is 7.18. The van der Waals surface area contributed by atoms with Gasteiger partial charge in [0.25, 0.3) is 0 Å². The van der Waals surface area contributed by atoms with Crippen molar-refractivity contribution in [1.82, 2.24) is 4.98 Å². The van der Waals surface area contributed by atoms with Crippen LogP contribution in [0.15, 0.2) is 54.6 Å². The number of nitrogens with two attached hydrogens (primary N) is 1. The van der Waals surface area contributed by atoms with Crippen LogP contribution >= 0.6 is 0 Å².